The Kier molecular flexibility index (Phi) is 3.12. The number of nitrogens with two attached hydrogens (primary N) is 1. The second-order valence-corrected chi connectivity index (χ2v) is 4.61. The smallest absolute Gasteiger partial charge is 0.166 e. The van der Waals surface area contributed by atoms with E-state index in [2.05, 4.69) is 15.9 Å². The van der Waals surface area contributed by atoms with Crippen LogP contribution in [0, 0.1) is 0 Å². The van der Waals surface area contributed by atoms with Gasteiger partial charge in [0, 0.05) is 35.1 Å². The Balaban J connectivity index is 2.66. The number of Topliss-reactive ketones (excluding diaryl/α,β-unsaturated/α-hetero) is 1. The molecule has 0 saturated heterocycles. The largest absolute Gasteiger partial charge is 0.349 e. The predicted molar refractivity (Wildman–Crippen MR) is 68.6 cm³/mol. The number of aromatic nitrogens is 1. The molecule has 0 atom stereocenters. The van der Waals surface area contributed by atoms with Crippen molar-refractivity contribution in [2.24, 2.45) is 12.8 Å². The fourth-order valence-corrected chi connectivity index (χ4v) is 2.54. The zero-order chi connectivity index (χ0) is 11.7. The first kappa shape index (κ1) is 11.4. The van der Waals surface area contributed by atoms with E-state index < -0.39 is 0 Å². The van der Waals surface area contributed by atoms with Crippen molar-refractivity contribution >= 4 is 32.6 Å². The van der Waals surface area contributed by atoms with Crippen molar-refractivity contribution in [3.8, 4) is 0 Å². The normalized spacial score (nSPS) is 10.9. The summed E-state index contributed by atoms with van der Waals surface area (Å²) in [5.41, 5.74) is 7.13. The summed E-state index contributed by atoms with van der Waals surface area (Å²) < 4.78 is 2.97. The number of hydrogen-bond donors (Lipinski definition) is 1. The molecular formula is C12H13BrN2O. The lowest BCUT2D eigenvalue weighted by Crippen LogP contribution is -2.09. The van der Waals surface area contributed by atoms with Gasteiger partial charge in [0.2, 0.25) is 0 Å². The van der Waals surface area contributed by atoms with Crippen LogP contribution in [0.5, 0.6) is 0 Å². The highest BCUT2D eigenvalue weighted by molar-refractivity contribution is 9.10. The first-order chi connectivity index (χ1) is 7.65. The number of halogens is 1. The van der Waals surface area contributed by atoms with Crippen LogP contribution in [-0.2, 0) is 7.05 Å². The Morgan fingerprint density at radius 2 is 2.25 bits per heavy atom. The number of nitrogens with zero attached hydrogens (tertiary/aromatic N) is 1. The first-order valence-electron chi connectivity index (χ1n) is 5.12. The molecule has 2 aromatic rings. The molecule has 0 unspecified atom stereocenters. The maximum Gasteiger partial charge on any atom is 0.166 e. The minimum atomic E-state index is 0.0989. The zero-order valence-corrected chi connectivity index (χ0v) is 10.6. The van der Waals surface area contributed by atoms with Crippen LogP contribution in [0.2, 0.25) is 0 Å². The number of rotatable bonds is 3. The zero-order valence-electron chi connectivity index (χ0n) is 9.03. The molecule has 16 heavy (non-hydrogen) atoms. The summed E-state index contributed by atoms with van der Waals surface area (Å²) in [5, 5.41) is 1.06. The number of hydrogen-bond acceptors (Lipinski definition) is 2. The molecule has 0 aliphatic carbocycles. The van der Waals surface area contributed by atoms with Gasteiger partial charge in [0.05, 0.1) is 5.52 Å². The minimum Gasteiger partial charge on any atom is -0.349 e. The summed E-state index contributed by atoms with van der Waals surface area (Å²) in [5.74, 6) is 0.0989. The molecule has 3 nitrogen and oxygen atoms in total. The molecule has 1 heterocycles. The molecule has 0 bridgehead atoms. The van der Waals surface area contributed by atoms with E-state index in [1.54, 1.807) is 0 Å². The fraction of sp³-hybridized carbons (Fsp3) is 0.250. The van der Waals surface area contributed by atoms with Gasteiger partial charge >= 0.3 is 0 Å². The number of carbonyl (C=O) groups is 1. The van der Waals surface area contributed by atoms with Gasteiger partial charge in [0.25, 0.3) is 0 Å². The van der Waals surface area contributed by atoms with Crippen LogP contribution < -0.4 is 5.73 Å². The maximum atomic E-state index is 11.9. The maximum absolute atomic E-state index is 11.9. The first-order valence-corrected chi connectivity index (χ1v) is 5.91. The molecule has 1 aromatic carbocycles. The van der Waals surface area contributed by atoms with Gasteiger partial charge < -0.3 is 10.3 Å². The standard InChI is InChI=1S/C12H13BrN2O/c1-15-7-10(13)8-3-2-4-9(12(8)15)11(16)5-6-14/h2-4,7H,5-6,14H2,1H3. The molecule has 0 fully saturated rings. The topological polar surface area (TPSA) is 48.0 Å². The summed E-state index contributed by atoms with van der Waals surface area (Å²) in [6.07, 6.45) is 2.35. The summed E-state index contributed by atoms with van der Waals surface area (Å²) in [4.78, 5) is 11.9. The third kappa shape index (κ3) is 1.79. The SMILES string of the molecule is Cn1cc(Br)c2cccc(C(=O)CCN)c21. The quantitative estimate of drug-likeness (QED) is 0.878. The van der Waals surface area contributed by atoms with Gasteiger partial charge in [0.15, 0.2) is 5.78 Å². The second-order valence-electron chi connectivity index (χ2n) is 3.75. The highest BCUT2D eigenvalue weighted by Crippen LogP contribution is 2.28. The van der Waals surface area contributed by atoms with Gasteiger partial charge in [0.1, 0.15) is 0 Å². The van der Waals surface area contributed by atoms with Crippen molar-refractivity contribution in [1.82, 2.24) is 4.57 Å². The Morgan fingerprint density at radius 1 is 1.50 bits per heavy atom. The van der Waals surface area contributed by atoms with Crippen molar-refractivity contribution in [2.45, 2.75) is 6.42 Å². The van der Waals surface area contributed by atoms with Gasteiger partial charge in [-0.3, -0.25) is 4.79 Å². The van der Waals surface area contributed by atoms with E-state index in [0.717, 1.165) is 20.9 Å². The number of ketones is 1. The monoisotopic (exact) mass is 280 g/mol. The van der Waals surface area contributed by atoms with Crippen LogP contribution in [0.1, 0.15) is 16.8 Å². The molecule has 0 spiro atoms. The van der Waals surface area contributed by atoms with Crippen molar-refractivity contribution in [3.63, 3.8) is 0 Å². The number of aryl methyl sites for hydroxylation is 1. The number of benzene rings is 1. The van der Waals surface area contributed by atoms with Crippen LogP contribution in [0.25, 0.3) is 10.9 Å². The summed E-state index contributed by atoms with van der Waals surface area (Å²) in [6.45, 7) is 0.390. The lowest BCUT2D eigenvalue weighted by atomic mass is 10.1. The lowest BCUT2D eigenvalue weighted by Gasteiger charge is -2.04. The van der Waals surface area contributed by atoms with Gasteiger partial charge in [-0.2, -0.15) is 0 Å². The highest BCUT2D eigenvalue weighted by atomic mass is 79.9. The van der Waals surface area contributed by atoms with Crippen LogP contribution >= 0.6 is 15.9 Å². The Labute approximate surface area is 102 Å². The van der Waals surface area contributed by atoms with E-state index in [1.807, 2.05) is 36.0 Å². The molecule has 1 aromatic heterocycles. The van der Waals surface area contributed by atoms with Gasteiger partial charge in [-0.15, -0.1) is 0 Å². The van der Waals surface area contributed by atoms with Crippen molar-refractivity contribution in [2.75, 3.05) is 6.54 Å². The molecule has 2 rings (SSSR count). The average Bonchev–Trinajstić information content (AvgIpc) is 2.55. The van der Waals surface area contributed by atoms with E-state index >= 15 is 0 Å². The van der Waals surface area contributed by atoms with Gasteiger partial charge in [-0.05, 0) is 28.5 Å². The summed E-state index contributed by atoms with van der Waals surface area (Å²) >= 11 is 3.48. The van der Waals surface area contributed by atoms with Crippen LogP contribution in [0.4, 0.5) is 0 Å². The van der Waals surface area contributed by atoms with Crippen LogP contribution in [-0.4, -0.2) is 16.9 Å². The fourth-order valence-electron chi connectivity index (χ4n) is 1.91. The third-order valence-electron chi connectivity index (χ3n) is 2.62. The third-order valence-corrected chi connectivity index (χ3v) is 3.26. The second kappa shape index (κ2) is 4.39. The predicted octanol–water partition coefficient (Wildman–Crippen LogP) is 2.47. The van der Waals surface area contributed by atoms with Gasteiger partial charge in [-0.25, -0.2) is 0 Å². The molecule has 4 heteroatoms. The lowest BCUT2D eigenvalue weighted by molar-refractivity contribution is 0.0986. The molecule has 0 aliphatic heterocycles. The molecule has 0 radical (unpaired) electrons. The molecule has 0 aliphatic rings. The number of fused-ring (bicyclic) bond motifs is 1. The van der Waals surface area contributed by atoms with E-state index in [9.17, 15) is 4.79 Å². The Morgan fingerprint density at radius 3 is 2.94 bits per heavy atom. The van der Waals surface area contributed by atoms with Crippen LogP contribution in [0.15, 0.2) is 28.9 Å². The van der Waals surface area contributed by atoms with Crippen molar-refractivity contribution in [1.29, 1.82) is 0 Å². The summed E-state index contributed by atoms with van der Waals surface area (Å²) in [6, 6.07) is 5.75. The molecular weight excluding hydrogens is 268 g/mol. The Hall–Kier alpha value is -1.13. The van der Waals surface area contributed by atoms with E-state index in [1.165, 1.54) is 0 Å². The highest BCUT2D eigenvalue weighted by Gasteiger charge is 2.13. The molecule has 0 amide bonds. The van der Waals surface area contributed by atoms with Crippen molar-refractivity contribution in [3.05, 3.63) is 34.4 Å². The Bertz CT molecular complexity index is 545. The van der Waals surface area contributed by atoms with E-state index in [-0.39, 0.29) is 5.78 Å². The number of para-hydroxylation sites is 1. The minimum absolute atomic E-state index is 0.0989. The van der Waals surface area contributed by atoms with E-state index in [0.29, 0.717) is 13.0 Å². The van der Waals surface area contributed by atoms with Crippen LogP contribution in [0.3, 0.4) is 0 Å². The molecule has 0 saturated carbocycles. The summed E-state index contributed by atoms with van der Waals surface area (Å²) in [7, 11) is 1.94. The average molecular weight is 281 g/mol. The van der Waals surface area contributed by atoms with Crippen molar-refractivity contribution < 1.29 is 4.79 Å². The van der Waals surface area contributed by atoms with E-state index in [4.69, 9.17) is 5.73 Å². The molecule has 2 N–H and O–H groups in total. The van der Waals surface area contributed by atoms with Gasteiger partial charge in [-0.1, -0.05) is 12.1 Å². The number of carbonyl (C=O) groups excluding carboxylic acids is 1. The molecule has 84 valence electrons.